The molecule has 0 amide bonds. The quantitative estimate of drug-likeness (QED) is 0.403. The van der Waals surface area contributed by atoms with Crippen LogP contribution in [0.15, 0.2) is 42.5 Å². The summed E-state index contributed by atoms with van der Waals surface area (Å²) in [4.78, 5) is 11.9. The first-order chi connectivity index (χ1) is 14.6. The van der Waals surface area contributed by atoms with E-state index in [1.807, 2.05) is 6.07 Å². The van der Waals surface area contributed by atoms with E-state index < -0.39 is 5.97 Å². The maximum absolute atomic E-state index is 11.9. The lowest BCUT2D eigenvalue weighted by Gasteiger charge is -2.29. The van der Waals surface area contributed by atoms with Crippen LogP contribution in [0.2, 0.25) is 0 Å². The Balaban J connectivity index is 1.76. The number of hydrogen-bond donors (Lipinski definition) is 1. The molecular weight excluding hydrogens is 368 g/mol. The van der Waals surface area contributed by atoms with Crippen molar-refractivity contribution >= 4 is 5.97 Å². The molecule has 1 aliphatic carbocycles. The Hall–Kier alpha value is -2.09. The predicted molar refractivity (Wildman–Crippen MR) is 126 cm³/mol. The van der Waals surface area contributed by atoms with Gasteiger partial charge in [0, 0.05) is 0 Å². The molecule has 0 aromatic heterocycles. The number of carboxylic acid groups (broad SMARTS) is 1. The summed E-state index contributed by atoms with van der Waals surface area (Å²) in [5.41, 5.74) is 4.96. The first-order valence-electron chi connectivity index (χ1n) is 12.1. The van der Waals surface area contributed by atoms with Crippen LogP contribution in [0, 0.1) is 5.92 Å². The molecule has 30 heavy (non-hydrogen) atoms. The molecule has 0 unspecified atom stereocenters. The van der Waals surface area contributed by atoms with Gasteiger partial charge in [0.05, 0.1) is 5.56 Å². The maximum Gasteiger partial charge on any atom is 0.336 e. The molecule has 162 valence electrons. The molecule has 0 spiro atoms. The zero-order valence-electron chi connectivity index (χ0n) is 18.8. The van der Waals surface area contributed by atoms with E-state index in [0.717, 1.165) is 23.5 Å². The van der Waals surface area contributed by atoms with Gasteiger partial charge >= 0.3 is 5.97 Å². The Morgan fingerprint density at radius 3 is 2.27 bits per heavy atom. The number of hydrogen-bond acceptors (Lipinski definition) is 1. The third-order valence-electron chi connectivity index (χ3n) is 6.87. The van der Waals surface area contributed by atoms with Gasteiger partial charge in [-0.15, -0.1) is 0 Å². The van der Waals surface area contributed by atoms with Crippen molar-refractivity contribution in [1.82, 2.24) is 0 Å². The summed E-state index contributed by atoms with van der Waals surface area (Å²) in [5, 5.41) is 9.74. The van der Waals surface area contributed by atoms with Gasteiger partial charge in [-0.05, 0) is 78.7 Å². The van der Waals surface area contributed by atoms with E-state index >= 15 is 0 Å². The summed E-state index contributed by atoms with van der Waals surface area (Å²) in [7, 11) is 0. The van der Waals surface area contributed by atoms with E-state index in [-0.39, 0.29) is 0 Å². The van der Waals surface area contributed by atoms with Crippen molar-refractivity contribution in [3.63, 3.8) is 0 Å². The molecule has 0 saturated heterocycles. The van der Waals surface area contributed by atoms with E-state index in [0.29, 0.717) is 11.5 Å². The Kier molecular flexibility index (Phi) is 8.54. The Morgan fingerprint density at radius 2 is 1.63 bits per heavy atom. The van der Waals surface area contributed by atoms with Crippen LogP contribution in [0.4, 0.5) is 0 Å². The fraction of sp³-hybridized carbons (Fsp3) is 0.536. The van der Waals surface area contributed by atoms with Crippen molar-refractivity contribution in [3.8, 4) is 11.1 Å². The fourth-order valence-corrected chi connectivity index (χ4v) is 5.04. The molecule has 0 atom stereocenters. The third kappa shape index (κ3) is 5.97. The van der Waals surface area contributed by atoms with Gasteiger partial charge in [0.1, 0.15) is 0 Å². The molecule has 1 fully saturated rings. The third-order valence-corrected chi connectivity index (χ3v) is 6.87. The lowest BCUT2D eigenvalue weighted by atomic mass is 9.76. The number of benzene rings is 2. The second kappa shape index (κ2) is 11.3. The monoisotopic (exact) mass is 406 g/mol. The first kappa shape index (κ1) is 22.6. The normalized spacial score (nSPS) is 19.0. The topological polar surface area (TPSA) is 37.3 Å². The summed E-state index contributed by atoms with van der Waals surface area (Å²) in [5.74, 6) is 0.610. The second-order valence-corrected chi connectivity index (χ2v) is 9.12. The molecule has 0 aliphatic heterocycles. The molecule has 0 bridgehead atoms. The molecular formula is C28H38O2. The van der Waals surface area contributed by atoms with Gasteiger partial charge in [-0.1, -0.05) is 82.3 Å². The predicted octanol–water partition coefficient (Wildman–Crippen LogP) is 8.25. The van der Waals surface area contributed by atoms with Gasteiger partial charge in [-0.25, -0.2) is 4.79 Å². The van der Waals surface area contributed by atoms with Gasteiger partial charge < -0.3 is 5.11 Å². The van der Waals surface area contributed by atoms with Gasteiger partial charge in [-0.2, -0.15) is 0 Å². The van der Waals surface area contributed by atoms with Gasteiger partial charge in [0.15, 0.2) is 0 Å². The van der Waals surface area contributed by atoms with Crippen LogP contribution in [-0.2, 0) is 6.42 Å². The largest absolute Gasteiger partial charge is 0.478 e. The van der Waals surface area contributed by atoms with Crippen molar-refractivity contribution < 1.29 is 9.90 Å². The van der Waals surface area contributed by atoms with Gasteiger partial charge in [-0.3, -0.25) is 0 Å². The minimum absolute atomic E-state index is 0.411. The Morgan fingerprint density at radius 1 is 0.900 bits per heavy atom. The van der Waals surface area contributed by atoms with E-state index in [2.05, 4.69) is 50.2 Å². The van der Waals surface area contributed by atoms with Crippen LogP contribution >= 0.6 is 0 Å². The second-order valence-electron chi connectivity index (χ2n) is 9.12. The zero-order valence-corrected chi connectivity index (χ0v) is 18.8. The summed E-state index contributed by atoms with van der Waals surface area (Å²) in [6.07, 6.45) is 13.9. The van der Waals surface area contributed by atoms with Crippen LogP contribution < -0.4 is 0 Å². The number of unbranched alkanes of at least 4 members (excludes halogenated alkanes) is 3. The highest BCUT2D eigenvalue weighted by molar-refractivity contribution is 5.96. The molecule has 3 rings (SSSR count). The maximum atomic E-state index is 11.9. The smallest absolute Gasteiger partial charge is 0.336 e. The summed E-state index contributed by atoms with van der Waals surface area (Å²) in [6.45, 7) is 4.51. The first-order valence-corrected chi connectivity index (χ1v) is 12.1. The highest BCUT2D eigenvalue weighted by Gasteiger charge is 2.23. The fourth-order valence-electron chi connectivity index (χ4n) is 5.04. The number of rotatable bonds is 10. The SMILES string of the molecule is CCCCCCc1ccc(-c2cc(C3CCC(CCC)CC3)ccc2C(=O)O)cc1. The van der Waals surface area contributed by atoms with E-state index in [1.54, 1.807) is 0 Å². The minimum atomic E-state index is -0.841. The number of carbonyl (C=O) groups is 1. The molecule has 0 radical (unpaired) electrons. The van der Waals surface area contributed by atoms with Crippen LogP contribution in [-0.4, -0.2) is 11.1 Å². The van der Waals surface area contributed by atoms with Crippen molar-refractivity contribution in [2.24, 2.45) is 5.92 Å². The molecule has 2 aromatic rings. The minimum Gasteiger partial charge on any atom is -0.478 e. The Bertz CT molecular complexity index is 798. The lowest BCUT2D eigenvalue weighted by Crippen LogP contribution is -2.13. The van der Waals surface area contributed by atoms with Crippen molar-refractivity contribution in [2.75, 3.05) is 0 Å². The summed E-state index contributed by atoms with van der Waals surface area (Å²) < 4.78 is 0. The summed E-state index contributed by atoms with van der Waals surface area (Å²) in [6, 6.07) is 14.6. The van der Waals surface area contributed by atoms with Gasteiger partial charge in [0.25, 0.3) is 0 Å². The van der Waals surface area contributed by atoms with Crippen molar-refractivity contribution in [3.05, 3.63) is 59.2 Å². The molecule has 1 saturated carbocycles. The van der Waals surface area contributed by atoms with Crippen molar-refractivity contribution in [2.45, 2.75) is 90.4 Å². The number of carboxylic acids is 1. The highest BCUT2D eigenvalue weighted by Crippen LogP contribution is 2.39. The van der Waals surface area contributed by atoms with E-state index in [9.17, 15) is 9.90 Å². The van der Waals surface area contributed by atoms with E-state index in [1.165, 1.54) is 75.3 Å². The standard InChI is InChI=1S/C28H38O2/c1-3-5-6-7-9-22-12-16-24(17-13-22)27-20-25(18-19-26(27)28(29)30)23-14-10-21(8-4-2)11-15-23/h12-13,16-21,23H,3-11,14-15H2,1-2H3,(H,29,30). The molecule has 2 aromatic carbocycles. The zero-order chi connectivity index (χ0) is 21.3. The molecule has 1 aliphatic rings. The average Bonchev–Trinajstić information content (AvgIpc) is 2.77. The molecule has 2 heteroatoms. The molecule has 2 nitrogen and oxygen atoms in total. The highest BCUT2D eigenvalue weighted by atomic mass is 16.4. The molecule has 1 N–H and O–H groups in total. The number of aryl methyl sites for hydroxylation is 1. The van der Waals surface area contributed by atoms with Crippen LogP contribution in [0.25, 0.3) is 11.1 Å². The van der Waals surface area contributed by atoms with E-state index in [4.69, 9.17) is 0 Å². The Labute approximate surface area is 182 Å². The van der Waals surface area contributed by atoms with Gasteiger partial charge in [0.2, 0.25) is 0 Å². The van der Waals surface area contributed by atoms with Crippen LogP contribution in [0.5, 0.6) is 0 Å². The van der Waals surface area contributed by atoms with Crippen molar-refractivity contribution in [1.29, 1.82) is 0 Å². The number of aromatic carboxylic acids is 1. The summed E-state index contributed by atoms with van der Waals surface area (Å²) >= 11 is 0. The lowest BCUT2D eigenvalue weighted by molar-refractivity contribution is 0.0697. The average molecular weight is 407 g/mol. The molecule has 0 heterocycles. The van der Waals surface area contributed by atoms with Crippen LogP contribution in [0.1, 0.15) is 105 Å². The van der Waals surface area contributed by atoms with Crippen LogP contribution in [0.3, 0.4) is 0 Å².